The van der Waals surface area contributed by atoms with E-state index in [9.17, 15) is 9.59 Å². The van der Waals surface area contributed by atoms with Gasteiger partial charge in [0.25, 0.3) is 0 Å². The Hall–Kier alpha value is -4.40. The fourth-order valence-corrected chi connectivity index (χ4v) is 5.09. The van der Waals surface area contributed by atoms with Crippen molar-refractivity contribution >= 4 is 34.6 Å². The predicted octanol–water partition coefficient (Wildman–Crippen LogP) is 4.68. The molecule has 3 amide bonds. The summed E-state index contributed by atoms with van der Waals surface area (Å²) in [4.78, 5) is 30.1. The zero-order chi connectivity index (χ0) is 24.6. The minimum atomic E-state index is -0.629. The largest absolute Gasteiger partial charge is 0.356 e. The Morgan fingerprint density at radius 1 is 0.972 bits per heavy atom. The molecular formula is C28H24N4O4. The summed E-state index contributed by atoms with van der Waals surface area (Å²) in [5, 5.41) is 3.59. The van der Waals surface area contributed by atoms with Crippen LogP contribution in [0.4, 0.5) is 10.5 Å². The van der Waals surface area contributed by atoms with Crippen LogP contribution in [0.5, 0.6) is 0 Å². The lowest BCUT2D eigenvalue weighted by molar-refractivity contribution is -0.143. The standard InChI is InChI=1S/C28H24N4O4/c29-28(34)30-19-13-10-17(11-14-19)12-15-22(33)32-25(18-6-2-1-3-7-18)24-23(26-27(32)36-16-35-26)20-8-4-5-9-21(20)31-24/h1-15,25-27,31H,16H2,(H3,29,30,34)/b15-12+. The second-order valence-corrected chi connectivity index (χ2v) is 8.76. The summed E-state index contributed by atoms with van der Waals surface area (Å²) >= 11 is 0. The number of H-pyrrole nitrogens is 1. The van der Waals surface area contributed by atoms with Gasteiger partial charge in [0.2, 0.25) is 5.91 Å². The van der Waals surface area contributed by atoms with Gasteiger partial charge >= 0.3 is 6.03 Å². The summed E-state index contributed by atoms with van der Waals surface area (Å²) in [5.74, 6) is -0.201. The van der Waals surface area contributed by atoms with Crippen molar-refractivity contribution in [3.63, 3.8) is 0 Å². The number of primary amides is 1. The summed E-state index contributed by atoms with van der Waals surface area (Å²) in [5.41, 5.74) is 10.5. The van der Waals surface area contributed by atoms with Crippen molar-refractivity contribution in [2.45, 2.75) is 18.4 Å². The number of benzene rings is 3. The zero-order valence-electron chi connectivity index (χ0n) is 19.3. The number of para-hydroxylation sites is 1. The van der Waals surface area contributed by atoms with Gasteiger partial charge in [-0.1, -0.05) is 60.7 Å². The van der Waals surface area contributed by atoms with E-state index in [-0.39, 0.29) is 18.7 Å². The van der Waals surface area contributed by atoms with E-state index in [4.69, 9.17) is 15.2 Å². The third kappa shape index (κ3) is 3.82. The number of carbonyl (C=O) groups excluding carboxylic acids is 2. The monoisotopic (exact) mass is 480 g/mol. The van der Waals surface area contributed by atoms with Gasteiger partial charge in [0.05, 0.1) is 0 Å². The minimum Gasteiger partial charge on any atom is -0.356 e. The number of urea groups is 1. The lowest BCUT2D eigenvalue weighted by Crippen LogP contribution is -2.48. The molecule has 2 aliphatic rings. The molecule has 6 rings (SSSR count). The molecule has 4 N–H and O–H groups in total. The zero-order valence-corrected chi connectivity index (χ0v) is 19.3. The Bertz CT molecular complexity index is 1460. The molecule has 0 spiro atoms. The molecule has 3 unspecified atom stereocenters. The predicted molar refractivity (Wildman–Crippen MR) is 136 cm³/mol. The van der Waals surface area contributed by atoms with Crippen LogP contribution in [0.3, 0.4) is 0 Å². The smallest absolute Gasteiger partial charge is 0.316 e. The van der Waals surface area contributed by atoms with Gasteiger partial charge in [0.15, 0.2) is 13.0 Å². The van der Waals surface area contributed by atoms with Crippen molar-refractivity contribution in [2.24, 2.45) is 5.73 Å². The maximum atomic E-state index is 13.8. The van der Waals surface area contributed by atoms with Gasteiger partial charge in [-0.2, -0.15) is 0 Å². The second-order valence-electron chi connectivity index (χ2n) is 8.76. The van der Waals surface area contributed by atoms with Gasteiger partial charge in [-0.3, -0.25) is 9.69 Å². The molecule has 1 fully saturated rings. The van der Waals surface area contributed by atoms with Crippen LogP contribution in [0.1, 0.15) is 34.5 Å². The molecule has 8 heteroatoms. The number of anilines is 1. The Kier molecular flexibility index (Phi) is 5.52. The number of hydrogen-bond donors (Lipinski definition) is 3. The van der Waals surface area contributed by atoms with E-state index in [1.165, 1.54) is 0 Å². The molecule has 2 aliphatic heterocycles. The number of nitrogens with zero attached hydrogens (tertiary/aromatic N) is 1. The fraction of sp³-hybridized carbons (Fsp3) is 0.143. The van der Waals surface area contributed by atoms with Crippen LogP contribution in [0.25, 0.3) is 17.0 Å². The van der Waals surface area contributed by atoms with Gasteiger partial charge in [-0.25, -0.2) is 4.79 Å². The number of amides is 3. The first-order valence-electron chi connectivity index (χ1n) is 11.7. The van der Waals surface area contributed by atoms with E-state index in [1.807, 2.05) is 48.5 Å². The molecule has 8 nitrogen and oxygen atoms in total. The summed E-state index contributed by atoms with van der Waals surface area (Å²) < 4.78 is 12.0. The topological polar surface area (TPSA) is 110 Å². The van der Waals surface area contributed by atoms with E-state index in [1.54, 1.807) is 41.3 Å². The molecule has 3 heterocycles. The van der Waals surface area contributed by atoms with E-state index >= 15 is 0 Å². The maximum absolute atomic E-state index is 13.8. The van der Waals surface area contributed by atoms with E-state index in [2.05, 4.69) is 16.4 Å². The number of rotatable bonds is 4. The average molecular weight is 481 g/mol. The van der Waals surface area contributed by atoms with Gasteiger partial charge in [0.1, 0.15) is 12.1 Å². The normalized spacial score (nSPS) is 20.9. The third-order valence-corrected chi connectivity index (χ3v) is 6.60. The summed E-state index contributed by atoms with van der Waals surface area (Å²) in [7, 11) is 0. The fourth-order valence-electron chi connectivity index (χ4n) is 5.09. The van der Waals surface area contributed by atoms with Crippen LogP contribution in [0.15, 0.2) is 84.9 Å². The number of aromatic nitrogens is 1. The van der Waals surface area contributed by atoms with Gasteiger partial charge in [-0.15, -0.1) is 0 Å². The van der Waals surface area contributed by atoms with Crippen molar-refractivity contribution in [1.29, 1.82) is 0 Å². The van der Waals surface area contributed by atoms with Crippen molar-refractivity contribution in [2.75, 3.05) is 12.1 Å². The van der Waals surface area contributed by atoms with Crippen LogP contribution < -0.4 is 11.1 Å². The van der Waals surface area contributed by atoms with Crippen LogP contribution in [-0.4, -0.2) is 34.8 Å². The molecule has 36 heavy (non-hydrogen) atoms. The molecule has 3 aromatic carbocycles. The molecular weight excluding hydrogens is 456 g/mol. The van der Waals surface area contributed by atoms with Crippen LogP contribution in [0.2, 0.25) is 0 Å². The molecule has 1 saturated heterocycles. The molecule has 0 saturated carbocycles. The van der Waals surface area contributed by atoms with Gasteiger partial charge < -0.3 is 25.5 Å². The van der Waals surface area contributed by atoms with Crippen molar-refractivity contribution in [3.05, 3.63) is 107 Å². The van der Waals surface area contributed by atoms with Crippen LogP contribution in [0, 0.1) is 0 Å². The number of fused-ring (bicyclic) bond motifs is 5. The van der Waals surface area contributed by atoms with Crippen molar-refractivity contribution in [1.82, 2.24) is 9.88 Å². The highest BCUT2D eigenvalue weighted by Gasteiger charge is 2.49. The molecule has 1 aromatic heterocycles. The first-order valence-corrected chi connectivity index (χ1v) is 11.7. The summed E-state index contributed by atoms with van der Waals surface area (Å²) in [6.45, 7) is 0.109. The van der Waals surface area contributed by atoms with Gasteiger partial charge in [-0.05, 0) is 35.4 Å². The Balaban J connectivity index is 1.40. The highest BCUT2D eigenvalue weighted by atomic mass is 16.7. The van der Waals surface area contributed by atoms with E-state index in [0.717, 1.165) is 33.3 Å². The summed E-state index contributed by atoms with van der Waals surface area (Å²) in [6.07, 6.45) is 2.32. The third-order valence-electron chi connectivity index (χ3n) is 6.60. The molecule has 180 valence electrons. The number of nitrogens with one attached hydrogen (secondary N) is 2. The maximum Gasteiger partial charge on any atom is 0.316 e. The van der Waals surface area contributed by atoms with Crippen molar-refractivity contribution < 1.29 is 19.1 Å². The van der Waals surface area contributed by atoms with E-state index in [0.29, 0.717) is 5.69 Å². The molecule has 3 atom stereocenters. The minimum absolute atomic E-state index is 0.109. The SMILES string of the molecule is NC(=O)Nc1ccc(/C=C/C(=O)N2C(c3ccccc3)c3[nH]c4ccccc4c3C3OCOC32)cc1. The Morgan fingerprint density at radius 2 is 1.72 bits per heavy atom. The Morgan fingerprint density at radius 3 is 2.50 bits per heavy atom. The molecule has 4 aromatic rings. The molecule has 0 bridgehead atoms. The lowest BCUT2D eigenvalue weighted by atomic mass is 9.89. The molecule has 0 aliphatic carbocycles. The lowest BCUT2D eigenvalue weighted by Gasteiger charge is -2.41. The van der Waals surface area contributed by atoms with Gasteiger partial charge in [0, 0.05) is 33.9 Å². The number of nitrogens with two attached hydrogens (primary N) is 1. The number of hydrogen-bond acceptors (Lipinski definition) is 4. The quantitative estimate of drug-likeness (QED) is 0.369. The average Bonchev–Trinajstić information content (AvgIpc) is 3.52. The number of aromatic amines is 1. The highest BCUT2D eigenvalue weighted by Crippen LogP contribution is 2.49. The number of ether oxygens (including phenoxy) is 2. The summed E-state index contributed by atoms with van der Waals surface area (Å²) in [6, 6.07) is 24.1. The Labute approximate surface area is 207 Å². The highest BCUT2D eigenvalue weighted by molar-refractivity contribution is 5.94. The van der Waals surface area contributed by atoms with Crippen molar-refractivity contribution in [3.8, 4) is 0 Å². The second kappa shape index (κ2) is 8.99. The number of carbonyl (C=O) groups is 2. The van der Waals surface area contributed by atoms with E-state index < -0.39 is 18.4 Å². The molecule has 0 radical (unpaired) electrons. The van der Waals surface area contributed by atoms with Crippen LogP contribution >= 0.6 is 0 Å². The van der Waals surface area contributed by atoms with Crippen LogP contribution in [-0.2, 0) is 14.3 Å². The first-order chi connectivity index (χ1) is 17.6. The first kappa shape index (κ1) is 22.1.